The summed E-state index contributed by atoms with van der Waals surface area (Å²) in [6.45, 7) is 1.34. The van der Waals surface area contributed by atoms with Crippen molar-refractivity contribution in [2.75, 3.05) is 18.2 Å². The summed E-state index contributed by atoms with van der Waals surface area (Å²) in [6, 6.07) is 12.7. The molecule has 0 aliphatic carbocycles. The number of carbonyl (C=O) groups excluding carboxylic acids is 1. The number of aromatic hydroxyl groups is 1. The predicted octanol–water partition coefficient (Wildman–Crippen LogP) is 5.84. The number of benzene rings is 2. The Hall–Kier alpha value is -3.40. The number of carbonyl (C=O) groups is 1. The maximum absolute atomic E-state index is 12.8. The van der Waals surface area contributed by atoms with Crippen molar-refractivity contribution in [3.63, 3.8) is 0 Å². The molecule has 1 heterocycles. The van der Waals surface area contributed by atoms with Crippen molar-refractivity contribution in [3.05, 3.63) is 70.9 Å². The van der Waals surface area contributed by atoms with Crippen LogP contribution in [0.5, 0.6) is 11.5 Å². The Bertz CT molecular complexity index is 1130. The molecule has 0 unspecified atom stereocenters. The van der Waals surface area contributed by atoms with E-state index in [-0.39, 0.29) is 17.4 Å². The molecule has 1 aromatic heterocycles. The average molecular weight is 494 g/mol. The second-order valence-electron chi connectivity index (χ2n) is 6.77. The summed E-state index contributed by atoms with van der Waals surface area (Å²) in [6.07, 6.45) is 1.67. The molecule has 182 valence electrons. The summed E-state index contributed by atoms with van der Waals surface area (Å²) in [5.74, 6) is 0.569. The number of allylic oxidation sites excluding steroid dienone is 1. The third-order valence-electron chi connectivity index (χ3n) is 4.53. The molecule has 0 saturated carbocycles. The standard InChI is InChI=1S/C23H23F2N3O3S.CH3F/c1-3-32-21(22(30)28-16-4-7-18(8-5-16)31-23(24)25)14(2)27-13-15-10-11-26-20-12-17(29)6-9-19(15)20;1-2/h4-12,23,27,29H,3,13H2,1-2H3,(H,28,30);1H3/b21-14+;. The normalized spacial score (nSPS) is 11.4. The van der Waals surface area contributed by atoms with Gasteiger partial charge < -0.3 is 20.5 Å². The number of halogens is 3. The fraction of sp³-hybridized carbons (Fsp3) is 0.250. The second-order valence-corrected chi connectivity index (χ2v) is 8.04. The predicted molar refractivity (Wildman–Crippen MR) is 130 cm³/mol. The Morgan fingerprint density at radius 3 is 2.50 bits per heavy atom. The van der Waals surface area contributed by atoms with Crippen molar-refractivity contribution in [2.24, 2.45) is 0 Å². The number of phenols is 1. The first-order valence-electron chi connectivity index (χ1n) is 10.3. The largest absolute Gasteiger partial charge is 0.508 e. The van der Waals surface area contributed by atoms with E-state index in [0.717, 1.165) is 10.9 Å². The van der Waals surface area contributed by atoms with Crippen LogP contribution in [0.25, 0.3) is 10.9 Å². The molecule has 3 rings (SSSR count). The van der Waals surface area contributed by atoms with Crippen LogP contribution in [0.15, 0.2) is 65.3 Å². The number of ether oxygens (including phenoxy) is 1. The van der Waals surface area contributed by atoms with Gasteiger partial charge in [-0.1, -0.05) is 6.92 Å². The number of nitrogens with one attached hydrogen (secondary N) is 2. The molecule has 0 radical (unpaired) electrons. The minimum absolute atomic E-state index is 0.0208. The van der Waals surface area contributed by atoms with Crippen LogP contribution in [0.3, 0.4) is 0 Å². The third kappa shape index (κ3) is 7.58. The number of amides is 1. The molecular weight excluding hydrogens is 467 g/mol. The summed E-state index contributed by atoms with van der Waals surface area (Å²) in [7, 11) is 0.500. The van der Waals surface area contributed by atoms with Crippen molar-refractivity contribution < 1.29 is 27.8 Å². The van der Waals surface area contributed by atoms with E-state index < -0.39 is 6.61 Å². The van der Waals surface area contributed by atoms with Gasteiger partial charge in [0, 0.05) is 35.6 Å². The van der Waals surface area contributed by atoms with Gasteiger partial charge in [-0.25, -0.2) is 0 Å². The summed E-state index contributed by atoms with van der Waals surface area (Å²) < 4.78 is 38.4. The number of pyridine rings is 1. The highest BCUT2D eigenvalue weighted by Gasteiger charge is 2.15. The van der Waals surface area contributed by atoms with Gasteiger partial charge in [-0.3, -0.25) is 14.2 Å². The fourth-order valence-electron chi connectivity index (χ4n) is 3.05. The zero-order valence-electron chi connectivity index (χ0n) is 18.9. The molecule has 0 atom stereocenters. The molecular formula is C24H26F3N3O3S. The van der Waals surface area contributed by atoms with Gasteiger partial charge in [0.2, 0.25) is 0 Å². The number of fused-ring (bicyclic) bond motifs is 1. The van der Waals surface area contributed by atoms with Gasteiger partial charge in [-0.05, 0) is 60.7 Å². The van der Waals surface area contributed by atoms with Crippen molar-refractivity contribution in [3.8, 4) is 11.5 Å². The lowest BCUT2D eigenvalue weighted by Gasteiger charge is -2.15. The first-order chi connectivity index (χ1) is 16.4. The SMILES string of the molecule is CCS/C(C(=O)Nc1ccc(OC(F)F)cc1)=C(\C)NCc1ccnc2cc(O)ccc12.CF. The van der Waals surface area contributed by atoms with Crippen LogP contribution in [0, 0.1) is 0 Å². The number of hydrogen-bond acceptors (Lipinski definition) is 6. The fourth-order valence-corrected chi connectivity index (χ4v) is 3.81. The number of thioether (sulfide) groups is 1. The molecule has 3 aromatic rings. The van der Waals surface area contributed by atoms with Crippen LogP contribution in [0.2, 0.25) is 0 Å². The molecule has 0 aliphatic rings. The Morgan fingerprint density at radius 1 is 1.15 bits per heavy atom. The molecule has 0 saturated heterocycles. The summed E-state index contributed by atoms with van der Waals surface area (Å²) in [5.41, 5.74) is 2.84. The van der Waals surface area contributed by atoms with E-state index in [2.05, 4.69) is 20.4 Å². The Balaban J connectivity index is 0.00000199. The topological polar surface area (TPSA) is 83.5 Å². The smallest absolute Gasteiger partial charge is 0.387 e. The van der Waals surface area contributed by atoms with Crippen LogP contribution >= 0.6 is 11.8 Å². The van der Waals surface area contributed by atoms with Crippen LogP contribution in [-0.2, 0) is 11.3 Å². The molecule has 2 aromatic carbocycles. The van der Waals surface area contributed by atoms with Gasteiger partial charge in [-0.2, -0.15) is 8.78 Å². The van der Waals surface area contributed by atoms with Crippen molar-refractivity contribution in [1.82, 2.24) is 10.3 Å². The zero-order valence-corrected chi connectivity index (χ0v) is 19.8. The first-order valence-corrected chi connectivity index (χ1v) is 11.2. The van der Waals surface area contributed by atoms with Gasteiger partial charge in [-0.15, -0.1) is 11.8 Å². The van der Waals surface area contributed by atoms with Gasteiger partial charge in [0.1, 0.15) is 11.5 Å². The monoisotopic (exact) mass is 493 g/mol. The molecule has 0 bridgehead atoms. The lowest BCUT2D eigenvalue weighted by atomic mass is 10.1. The second kappa shape index (κ2) is 13.3. The highest BCUT2D eigenvalue weighted by Crippen LogP contribution is 2.24. The molecule has 0 aliphatic heterocycles. The number of aromatic nitrogens is 1. The summed E-state index contributed by atoms with van der Waals surface area (Å²) in [4.78, 5) is 17.6. The number of rotatable bonds is 9. The van der Waals surface area contributed by atoms with E-state index in [0.29, 0.717) is 41.3 Å². The lowest BCUT2D eigenvalue weighted by molar-refractivity contribution is -0.112. The van der Waals surface area contributed by atoms with Crippen LogP contribution in [-0.4, -0.2) is 35.5 Å². The molecule has 10 heteroatoms. The van der Waals surface area contributed by atoms with E-state index in [4.69, 9.17) is 0 Å². The molecule has 3 N–H and O–H groups in total. The number of anilines is 1. The van der Waals surface area contributed by atoms with E-state index in [1.54, 1.807) is 18.3 Å². The van der Waals surface area contributed by atoms with E-state index >= 15 is 0 Å². The van der Waals surface area contributed by atoms with E-state index in [9.17, 15) is 23.1 Å². The van der Waals surface area contributed by atoms with Gasteiger partial charge in [0.05, 0.1) is 17.6 Å². The lowest BCUT2D eigenvalue weighted by Crippen LogP contribution is -2.20. The maximum Gasteiger partial charge on any atom is 0.387 e. The van der Waals surface area contributed by atoms with Gasteiger partial charge in [0.15, 0.2) is 0 Å². The quantitative estimate of drug-likeness (QED) is 0.325. The average Bonchev–Trinajstić information content (AvgIpc) is 2.82. The highest BCUT2D eigenvalue weighted by atomic mass is 32.2. The van der Waals surface area contributed by atoms with Crippen LogP contribution in [0.1, 0.15) is 19.4 Å². The number of nitrogens with zero attached hydrogens (tertiary/aromatic N) is 1. The number of alkyl halides is 3. The molecule has 34 heavy (non-hydrogen) atoms. The minimum Gasteiger partial charge on any atom is -0.508 e. The van der Waals surface area contributed by atoms with Crippen molar-refractivity contribution >= 4 is 34.3 Å². The molecule has 1 amide bonds. The van der Waals surface area contributed by atoms with E-state index in [1.807, 2.05) is 26.0 Å². The minimum atomic E-state index is -2.90. The number of phenolic OH excluding ortho intramolecular Hbond substituents is 1. The summed E-state index contributed by atoms with van der Waals surface area (Å²) >= 11 is 1.40. The summed E-state index contributed by atoms with van der Waals surface area (Å²) in [5, 5.41) is 16.6. The zero-order chi connectivity index (χ0) is 25.1. The Kier molecular flexibility index (Phi) is 10.5. The van der Waals surface area contributed by atoms with Crippen LogP contribution in [0.4, 0.5) is 18.9 Å². The van der Waals surface area contributed by atoms with Gasteiger partial charge >= 0.3 is 6.61 Å². The Labute approximate surface area is 200 Å². The molecule has 0 fully saturated rings. The number of hydrogen-bond donors (Lipinski definition) is 3. The first kappa shape index (κ1) is 26.8. The molecule has 6 nitrogen and oxygen atoms in total. The maximum atomic E-state index is 12.8. The van der Waals surface area contributed by atoms with Crippen LogP contribution < -0.4 is 15.4 Å². The molecule has 0 spiro atoms. The third-order valence-corrected chi connectivity index (χ3v) is 5.60. The van der Waals surface area contributed by atoms with Crippen molar-refractivity contribution in [2.45, 2.75) is 27.0 Å². The van der Waals surface area contributed by atoms with Crippen molar-refractivity contribution in [1.29, 1.82) is 0 Å². The van der Waals surface area contributed by atoms with Gasteiger partial charge in [0.25, 0.3) is 5.91 Å². The van der Waals surface area contributed by atoms with E-state index in [1.165, 1.54) is 36.0 Å². The highest BCUT2D eigenvalue weighted by molar-refractivity contribution is 8.04. The Morgan fingerprint density at radius 2 is 1.85 bits per heavy atom.